The molecule has 0 fully saturated rings. The van der Waals surface area contributed by atoms with Gasteiger partial charge in [0.25, 0.3) is 10.0 Å². The van der Waals surface area contributed by atoms with Crippen molar-refractivity contribution < 1.29 is 26.0 Å². The third-order valence-electron chi connectivity index (χ3n) is 2.64. The minimum absolute atomic E-state index is 0.0181. The summed E-state index contributed by atoms with van der Waals surface area (Å²) in [4.78, 5) is 2.55. The molecule has 4 nitrogen and oxygen atoms in total. The minimum Gasteiger partial charge on any atom is -0.250 e. The van der Waals surface area contributed by atoms with Gasteiger partial charge in [0.2, 0.25) is 0 Å². The summed E-state index contributed by atoms with van der Waals surface area (Å²) in [5.74, 6) is -0.609. The third-order valence-corrected chi connectivity index (χ3v) is 4.69. The van der Waals surface area contributed by atoms with Crippen molar-refractivity contribution in [1.82, 2.24) is 4.98 Å². The zero-order valence-corrected chi connectivity index (χ0v) is 13.5. The number of hydrogen-bond donors (Lipinski definition) is 0. The van der Waals surface area contributed by atoms with Gasteiger partial charge in [-0.25, -0.2) is 4.39 Å². The van der Waals surface area contributed by atoms with E-state index in [4.69, 9.17) is 0 Å². The van der Waals surface area contributed by atoms with E-state index in [0.717, 1.165) is 18.3 Å². The maximum absolute atomic E-state index is 13.3. The van der Waals surface area contributed by atoms with E-state index in [0.29, 0.717) is 12.3 Å². The smallest absolute Gasteiger partial charge is 0.250 e. The van der Waals surface area contributed by atoms with Crippen molar-refractivity contribution in [1.29, 1.82) is 0 Å². The monoisotopic (exact) mass is 410 g/mol. The summed E-state index contributed by atoms with van der Waals surface area (Å²) in [7, 11) is -4.25. The van der Waals surface area contributed by atoms with Crippen LogP contribution in [0.1, 0.15) is 11.3 Å². The lowest BCUT2D eigenvalue weighted by Gasteiger charge is -2.05. The van der Waals surface area contributed by atoms with Crippen LogP contribution in [0.3, 0.4) is 0 Å². The highest BCUT2D eigenvalue weighted by molar-refractivity contribution is 9.10. The summed E-state index contributed by atoms with van der Waals surface area (Å²) >= 11 is 2.94. The Morgan fingerprint density at radius 3 is 2.43 bits per heavy atom. The predicted molar refractivity (Wildman–Crippen MR) is 78.1 cm³/mol. The highest BCUT2D eigenvalue weighted by atomic mass is 79.9. The van der Waals surface area contributed by atoms with Crippen LogP contribution in [0.2, 0.25) is 0 Å². The van der Waals surface area contributed by atoms with E-state index >= 15 is 0 Å². The van der Waals surface area contributed by atoms with Crippen LogP contribution in [-0.4, -0.2) is 19.6 Å². The molecule has 0 N–H and O–H groups in total. The maximum Gasteiger partial charge on any atom is 0.433 e. The topological polar surface area (TPSA) is 59.4 Å². The van der Waals surface area contributed by atoms with E-state index in [1.165, 1.54) is 12.1 Å². The summed E-state index contributed by atoms with van der Waals surface area (Å²) < 4.78 is 77.7. The molecule has 2 aromatic rings. The average Bonchev–Trinajstić information content (AvgIpc) is 2.48. The Hall–Kier alpha value is -1.81. The number of halogens is 5. The molecule has 0 atom stereocenters. The quantitative estimate of drug-likeness (QED) is 0.570. The molecule has 0 bridgehead atoms. The second-order valence-electron chi connectivity index (χ2n) is 4.23. The highest BCUT2D eigenvalue weighted by Crippen LogP contribution is 2.28. The molecule has 23 heavy (non-hydrogen) atoms. The lowest BCUT2D eigenvalue weighted by molar-refractivity contribution is -0.141. The molecule has 0 saturated heterocycles. The van der Waals surface area contributed by atoms with Gasteiger partial charge in [0.05, 0.1) is 4.47 Å². The molecule has 0 aliphatic heterocycles. The molecule has 1 aromatic heterocycles. The molecule has 0 spiro atoms. The van der Waals surface area contributed by atoms with E-state index in [9.17, 15) is 26.0 Å². The number of alkyl halides is 3. The Labute approximate surface area is 137 Å². The van der Waals surface area contributed by atoms with Gasteiger partial charge >= 0.3 is 6.18 Å². The molecule has 0 aliphatic rings. The van der Waals surface area contributed by atoms with Crippen LogP contribution in [0.4, 0.5) is 17.6 Å². The highest BCUT2D eigenvalue weighted by Gasteiger charge is 2.32. The standard InChI is InChI=1S/C13H7BrF4N2O2S/c14-12-8(2-1-3-10(12)15)6-20-23(21,22)9-4-5-11(19-7-9)13(16,17)18/h1-7H/b20-6+. The molecule has 2 rings (SSSR count). The summed E-state index contributed by atoms with van der Waals surface area (Å²) in [6.45, 7) is 0. The van der Waals surface area contributed by atoms with Gasteiger partial charge in [-0.2, -0.15) is 26.0 Å². The van der Waals surface area contributed by atoms with E-state index in [-0.39, 0.29) is 10.0 Å². The molecule has 0 unspecified atom stereocenters. The first-order valence-corrected chi connectivity index (χ1v) is 8.12. The molecular formula is C13H7BrF4N2O2S. The molecule has 122 valence electrons. The fourth-order valence-electron chi connectivity index (χ4n) is 1.51. The molecule has 0 radical (unpaired) electrons. The zero-order valence-electron chi connectivity index (χ0n) is 11.1. The van der Waals surface area contributed by atoms with Gasteiger partial charge in [-0.15, -0.1) is 0 Å². The molecule has 1 aromatic carbocycles. The summed E-state index contributed by atoms with van der Waals surface area (Å²) in [5.41, 5.74) is -1.05. The van der Waals surface area contributed by atoms with Gasteiger partial charge in [-0.1, -0.05) is 12.1 Å². The lowest BCUT2D eigenvalue weighted by Crippen LogP contribution is -2.08. The van der Waals surface area contributed by atoms with E-state index in [2.05, 4.69) is 25.3 Å². The van der Waals surface area contributed by atoms with Gasteiger partial charge < -0.3 is 0 Å². The van der Waals surface area contributed by atoms with Crippen molar-refractivity contribution in [3.63, 3.8) is 0 Å². The molecular weight excluding hydrogens is 404 g/mol. The predicted octanol–water partition coefficient (Wildman–Crippen LogP) is 3.81. The molecule has 1 heterocycles. The van der Waals surface area contributed by atoms with Gasteiger partial charge in [-0.05, 0) is 34.1 Å². The van der Waals surface area contributed by atoms with Crippen LogP contribution in [0, 0.1) is 5.82 Å². The Kier molecular flexibility index (Phi) is 4.85. The number of nitrogens with zero attached hydrogens (tertiary/aromatic N) is 2. The van der Waals surface area contributed by atoms with Crippen LogP contribution < -0.4 is 0 Å². The molecule has 0 saturated carbocycles. The SMILES string of the molecule is O=S(=O)(/N=C/c1cccc(F)c1Br)c1ccc(C(F)(F)F)nc1. The molecule has 10 heteroatoms. The summed E-state index contributed by atoms with van der Waals surface area (Å²) in [6.07, 6.45) is -3.21. The number of benzene rings is 1. The molecule has 0 amide bonds. The number of pyridine rings is 1. The minimum atomic E-state index is -4.67. The number of aromatic nitrogens is 1. The summed E-state index contributed by atoms with van der Waals surface area (Å²) in [6, 6.07) is 5.23. The number of hydrogen-bond acceptors (Lipinski definition) is 3. The van der Waals surface area contributed by atoms with Gasteiger partial charge in [0.15, 0.2) is 0 Å². The van der Waals surface area contributed by atoms with Crippen LogP contribution in [0.5, 0.6) is 0 Å². The average molecular weight is 411 g/mol. The Morgan fingerprint density at radius 1 is 1.17 bits per heavy atom. The van der Waals surface area contributed by atoms with Crippen molar-refractivity contribution in [2.24, 2.45) is 4.40 Å². The van der Waals surface area contributed by atoms with Crippen LogP contribution in [-0.2, 0) is 16.2 Å². The third kappa shape index (κ3) is 4.14. The first-order chi connectivity index (χ1) is 10.6. The van der Waals surface area contributed by atoms with E-state index < -0.39 is 32.6 Å². The first-order valence-electron chi connectivity index (χ1n) is 5.89. The zero-order chi connectivity index (χ0) is 17.3. The van der Waals surface area contributed by atoms with Crippen LogP contribution in [0.15, 0.2) is 50.3 Å². The Bertz CT molecular complexity index is 849. The second kappa shape index (κ2) is 6.36. The van der Waals surface area contributed by atoms with Crippen molar-refractivity contribution in [2.75, 3.05) is 0 Å². The lowest BCUT2D eigenvalue weighted by atomic mass is 10.2. The maximum atomic E-state index is 13.3. The Balaban J connectivity index is 2.32. The van der Waals surface area contributed by atoms with Crippen LogP contribution >= 0.6 is 15.9 Å². The second-order valence-corrected chi connectivity index (χ2v) is 6.65. The first kappa shape index (κ1) is 17.5. The molecule has 0 aliphatic carbocycles. The van der Waals surface area contributed by atoms with E-state index in [1.54, 1.807) is 0 Å². The van der Waals surface area contributed by atoms with Crippen molar-refractivity contribution in [3.8, 4) is 0 Å². The number of rotatable bonds is 3. The van der Waals surface area contributed by atoms with Crippen molar-refractivity contribution in [2.45, 2.75) is 11.1 Å². The van der Waals surface area contributed by atoms with Gasteiger partial charge in [-0.3, -0.25) is 4.98 Å². The van der Waals surface area contributed by atoms with Gasteiger partial charge in [0, 0.05) is 18.0 Å². The van der Waals surface area contributed by atoms with Crippen molar-refractivity contribution in [3.05, 3.63) is 58.1 Å². The summed E-state index contributed by atoms with van der Waals surface area (Å²) in [5, 5.41) is 0. The van der Waals surface area contributed by atoms with E-state index in [1.807, 2.05) is 0 Å². The number of sulfonamides is 1. The fourth-order valence-corrected chi connectivity index (χ4v) is 2.67. The normalized spacial score (nSPS) is 12.7. The van der Waals surface area contributed by atoms with Gasteiger partial charge in [0.1, 0.15) is 16.4 Å². The Morgan fingerprint density at radius 2 is 1.87 bits per heavy atom. The van der Waals surface area contributed by atoms with Crippen LogP contribution in [0.25, 0.3) is 0 Å². The largest absolute Gasteiger partial charge is 0.433 e. The fraction of sp³-hybridized carbons (Fsp3) is 0.0769. The van der Waals surface area contributed by atoms with Crippen molar-refractivity contribution >= 4 is 32.2 Å².